The molecule has 2 fully saturated rings. The minimum absolute atomic E-state index is 0.145. The SMILES string of the molecule is CN(CC1CCNCC1)C1CCCCC1S(C)(=O)=O. The molecule has 0 spiro atoms. The summed E-state index contributed by atoms with van der Waals surface area (Å²) in [5.41, 5.74) is 0. The van der Waals surface area contributed by atoms with Crippen LogP contribution in [0.3, 0.4) is 0 Å². The van der Waals surface area contributed by atoms with Crippen LogP contribution in [0.25, 0.3) is 0 Å². The normalized spacial score (nSPS) is 30.7. The highest BCUT2D eigenvalue weighted by Gasteiger charge is 2.35. The minimum Gasteiger partial charge on any atom is -0.317 e. The van der Waals surface area contributed by atoms with Crippen LogP contribution in [-0.2, 0) is 9.84 Å². The van der Waals surface area contributed by atoms with Crippen molar-refractivity contribution in [2.45, 2.75) is 49.8 Å². The number of hydrogen-bond donors (Lipinski definition) is 1. The zero-order chi connectivity index (χ0) is 13.9. The van der Waals surface area contributed by atoms with Gasteiger partial charge in [0.1, 0.15) is 0 Å². The van der Waals surface area contributed by atoms with E-state index in [2.05, 4.69) is 17.3 Å². The summed E-state index contributed by atoms with van der Waals surface area (Å²) in [6.07, 6.45) is 7.98. The average Bonchev–Trinajstić information content (AvgIpc) is 2.39. The molecule has 1 N–H and O–H groups in total. The maximum Gasteiger partial charge on any atom is 0.151 e. The molecule has 1 heterocycles. The minimum atomic E-state index is -2.91. The lowest BCUT2D eigenvalue weighted by molar-refractivity contribution is 0.155. The Morgan fingerprint density at radius 3 is 2.37 bits per heavy atom. The molecule has 2 aliphatic rings. The molecule has 19 heavy (non-hydrogen) atoms. The number of hydrogen-bond acceptors (Lipinski definition) is 4. The van der Waals surface area contributed by atoms with Crippen molar-refractivity contribution in [1.82, 2.24) is 10.2 Å². The largest absolute Gasteiger partial charge is 0.317 e. The molecule has 0 aromatic rings. The molecule has 4 nitrogen and oxygen atoms in total. The molecule has 1 aliphatic heterocycles. The molecule has 0 amide bonds. The van der Waals surface area contributed by atoms with Crippen LogP contribution in [0, 0.1) is 5.92 Å². The molecule has 1 saturated carbocycles. The van der Waals surface area contributed by atoms with Gasteiger partial charge in [0.2, 0.25) is 0 Å². The average molecular weight is 288 g/mol. The molecule has 112 valence electrons. The van der Waals surface area contributed by atoms with Crippen LogP contribution >= 0.6 is 0 Å². The van der Waals surface area contributed by atoms with Gasteiger partial charge in [-0.15, -0.1) is 0 Å². The van der Waals surface area contributed by atoms with Gasteiger partial charge in [0.05, 0.1) is 5.25 Å². The third kappa shape index (κ3) is 4.17. The Bertz CT molecular complexity index is 377. The first-order valence-electron chi connectivity index (χ1n) is 7.58. The molecular formula is C14H28N2O2S. The smallest absolute Gasteiger partial charge is 0.151 e. The number of rotatable bonds is 4. The summed E-state index contributed by atoms with van der Waals surface area (Å²) < 4.78 is 23.9. The van der Waals surface area contributed by atoms with Crippen molar-refractivity contribution in [3.05, 3.63) is 0 Å². The lowest BCUT2D eigenvalue weighted by atomic mass is 9.91. The fraction of sp³-hybridized carbons (Fsp3) is 1.00. The molecule has 2 rings (SSSR count). The highest BCUT2D eigenvalue weighted by Crippen LogP contribution is 2.28. The molecule has 0 aromatic carbocycles. The van der Waals surface area contributed by atoms with Crippen molar-refractivity contribution >= 4 is 9.84 Å². The van der Waals surface area contributed by atoms with Gasteiger partial charge in [-0.25, -0.2) is 8.42 Å². The molecule has 5 heteroatoms. The van der Waals surface area contributed by atoms with E-state index in [0.717, 1.165) is 44.8 Å². The van der Waals surface area contributed by atoms with E-state index in [-0.39, 0.29) is 11.3 Å². The second-order valence-corrected chi connectivity index (χ2v) is 8.62. The number of piperidine rings is 1. The van der Waals surface area contributed by atoms with Gasteiger partial charge < -0.3 is 10.2 Å². The molecule has 0 radical (unpaired) electrons. The monoisotopic (exact) mass is 288 g/mol. The lowest BCUT2D eigenvalue weighted by Gasteiger charge is -2.39. The summed E-state index contributed by atoms with van der Waals surface area (Å²) in [5.74, 6) is 0.730. The molecule has 2 unspecified atom stereocenters. The maximum atomic E-state index is 12.0. The van der Waals surface area contributed by atoms with Crippen molar-refractivity contribution < 1.29 is 8.42 Å². The van der Waals surface area contributed by atoms with Crippen molar-refractivity contribution in [3.63, 3.8) is 0 Å². The summed E-state index contributed by atoms with van der Waals surface area (Å²) in [7, 11) is -0.794. The van der Waals surface area contributed by atoms with E-state index in [9.17, 15) is 8.42 Å². The predicted molar refractivity (Wildman–Crippen MR) is 79.1 cm³/mol. The van der Waals surface area contributed by atoms with E-state index in [1.54, 1.807) is 0 Å². The number of nitrogens with zero attached hydrogens (tertiary/aromatic N) is 1. The number of nitrogens with one attached hydrogen (secondary N) is 1. The van der Waals surface area contributed by atoms with Crippen LogP contribution in [0.1, 0.15) is 38.5 Å². The summed E-state index contributed by atoms with van der Waals surface area (Å²) in [6.45, 7) is 3.27. The Labute approximate surface area is 117 Å². The van der Waals surface area contributed by atoms with Crippen LogP contribution in [0.4, 0.5) is 0 Å². The third-order valence-electron chi connectivity index (χ3n) is 4.79. The zero-order valence-corrected chi connectivity index (χ0v) is 13.1. The molecule has 1 aliphatic carbocycles. The summed E-state index contributed by atoms with van der Waals surface area (Å²) >= 11 is 0. The van der Waals surface area contributed by atoms with Crippen LogP contribution in [0.15, 0.2) is 0 Å². The van der Waals surface area contributed by atoms with Gasteiger partial charge >= 0.3 is 0 Å². The van der Waals surface area contributed by atoms with Gasteiger partial charge in [-0.05, 0) is 51.7 Å². The Kier molecular flexibility index (Phi) is 5.26. The van der Waals surface area contributed by atoms with Crippen LogP contribution < -0.4 is 5.32 Å². The van der Waals surface area contributed by atoms with E-state index >= 15 is 0 Å². The third-order valence-corrected chi connectivity index (χ3v) is 6.44. The van der Waals surface area contributed by atoms with E-state index in [0.29, 0.717) is 0 Å². The van der Waals surface area contributed by atoms with Crippen molar-refractivity contribution in [2.24, 2.45) is 5.92 Å². The van der Waals surface area contributed by atoms with Crippen molar-refractivity contribution in [1.29, 1.82) is 0 Å². The first kappa shape index (κ1) is 15.3. The first-order valence-corrected chi connectivity index (χ1v) is 9.54. The summed E-state index contributed by atoms with van der Waals surface area (Å²) in [5, 5.41) is 3.24. The second kappa shape index (κ2) is 6.55. The van der Waals surface area contributed by atoms with Crippen LogP contribution in [0.5, 0.6) is 0 Å². The van der Waals surface area contributed by atoms with Crippen LogP contribution in [0.2, 0.25) is 0 Å². The zero-order valence-electron chi connectivity index (χ0n) is 12.3. The first-order chi connectivity index (χ1) is 8.98. The Morgan fingerprint density at radius 2 is 1.74 bits per heavy atom. The van der Waals surface area contributed by atoms with Gasteiger partial charge in [-0.3, -0.25) is 0 Å². The van der Waals surface area contributed by atoms with Crippen molar-refractivity contribution in [2.75, 3.05) is 32.9 Å². The van der Waals surface area contributed by atoms with Gasteiger partial charge in [-0.2, -0.15) is 0 Å². The molecule has 0 aromatic heterocycles. The molecule has 1 saturated heterocycles. The lowest BCUT2D eigenvalue weighted by Crippen LogP contribution is -2.49. The van der Waals surface area contributed by atoms with Crippen LogP contribution in [-0.4, -0.2) is 57.5 Å². The second-order valence-electron chi connectivity index (χ2n) is 6.35. The van der Waals surface area contributed by atoms with Gasteiger partial charge in [0.25, 0.3) is 0 Å². The Balaban J connectivity index is 1.96. The van der Waals surface area contributed by atoms with Crippen molar-refractivity contribution in [3.8, 4) is 0 Å². The fourth-order valence-corrected chi connectivity index (χ4v) is 5.20. The Hall–Kier alpha value is -0.130. The Morgan fingerprint density at radius 1 is 1.11 bits per heavy atom. The maximum absolute atomic E-state index is 12.0. The van der Waals surface area contributed by atoms with E-state index in [1.807, 2.05) is 0 Å². The topological polar surface area (TPSA) is 49.4 Å². The van der Waals surface area contributed by atoms with Gasteiger partial charge in [0, 0.05) is 18.8 Å². The summed E-state index contributed by atoms with van der Waals surface area (Å²) in [6, 6.07) is 0.235. The van der Waals surface area contributed by atoms with Gasteiger partial charge in [0.15, 0.2) is 9.84 Å². The predicted octanol–water partition coefficient (Wildman–Crippen LogP) is 1.27. The van der Waals surface area contributed by atoms with E-state index in [1.165, 1.54) is 25.5 Å². The molecule has 2 atom stereocenters. The quantitative estimate of drug-likeness (QED) is 0.846. The standard InChI is InChI=1S/C14H28N2O2S/c1-16(11-12-7-9-15-10-8-12)13-5-3-4-6-14(13)19(2,17)18/h12-15H,3-11H2,1-2H3. The van der Waals surface area contributed by atoms with E-state index < -0.39 is 9.84 Å². The van der Waals surface area contributed by atoms with E-state index in [4.69, 9.17) is 0 Å². The fourth-order valence-electron chi connectivity index (χ4n) is 3.69. The summed E-state index contributed by atoms with van der Waals surface area (Å²) in [4.78, 5) is 2.33. The van der Waals surface area contributed by atoms with Gasteiger partial charge in [-0.1, -0.05) is 12.8 Å². The number of sulfone groups is 1. The highest BCUT2D eigenvalue weighted by molar-refractivity contribution is 7.91. The molecular weight excluding hydrogens is 260 g/mol. The molecule has 0 bridgehead atoms. The highest BCUT2D eigenvalue weighted by atomic mass is 32.2.